The Hall–Kier alpha value is -2.54. The molecule has 0 atom stereocenters. The van der Waals surface area contributed by atoms with Gasteiger partial charge in [-0.3, -0.25) is 9.89 Å². The Bertz CT molecular complexity index is 879. The van der Waals surface area contributed by atoms with E-state index in [1.54, 1.807) is 18.5 Å². The first-order chi connectivity index (χ1) is 11.8. The summed E-state index contributed by atoms with van der Waals surface area (Å²) in [7, 11) is 0. The fourth-order valence-corrected chi connectivity index (χ4v) is 2.45. The molecule has 0 spiro atoms. The van der Waals surface area contributed by atoms with E-state index in [2.05, 4.69) is 41.4 Å². The number of rotatable bonds is 3. The van der Waals surface area contributed by atoms with E-state index in [9.17, 15) is 4.79 Å². The van der Waals surface area contributed by atoms with Gasteiger partial charge in [0.2, 0.25) is 0 Å². The van der Waals surface area contributed by atoms with Gasteiger partial charge in [-0.25, -0.2) is 9.97 Å². The van der Waals surface area contributed by atoms with Gasteiger partial charge < -0.3 is 5.32 Å². The fourth-order valence-electron chi connectivity index (χ4n) is 2.18. The van der Waals surface area contributed by atoms with Gasteiger partial charge in [-0.15, -0.1) is 0 Å². The first kappa shape index (κ1) is 17.3. The number of aromatic amines is 1. The number of carbonyl (C=O) groups is 1. The Morgan fingerprint density at radius 2 is 1.76 bits per heavy atom. The Labute approximate surface area is 154 Å². The molecule has 0 unspecified atom stereocenters. The first-order valence-corrected chi connectivity index (χ1v) is 8.57. The highest BCUT2D eigenvalue weighted by Crippen LogP contribution is 2.21. The summed E-state index contributed by atoms with van der Waals surface area (Å²) in [6.07, 6.45) is 3.22. The summed E-state index contributed by atoms with van der Waals surface area (Å²) in [5, 5.41) is 9.72. The molecule has 0 aliphatic heterocycles. The molecule has 0 saturated heterocycles. The van der Waals surface area contributed by atoms with Gasteiger partial charge in [-0.05, 0) is 18.2 Å². The molecule has 0 saturated carbocycles. The predicted octanol–water partition coefficient (Wildman–Crippen LogP) is 4.18. The molecule has 2 heterocycles. The zero-order valence-electron chi connectivity index (χ0n) is 14.2. The van der Waals surface area contributed by atoms with Crippen molar-refractivity contribution >= 4 is 27.5 Å². The lowest BCUT2D eigenvalue weighted by Gasteiger charge is -2.16. The molecule has 7 heteroatoms. The van der Waals surface area contributed by atoms with Crippen molar-refractivity contribution in [1.29, 1.82) is 0 Å². The number of benzene rings is 1. The van der Waals surface area contributed by atoms with E-state index in [1.165, 1.54) is 0 Å². The average molecular weight is 400 g/mol. The molecule has 0 aliphatic carbocycles. The number of nitrogens with zero attached hydrogens (tertiary/aromatic N) is 3. The second-order valence-corrected chi connectivity index (χ2v) is 7.59. The maximum Gasteiger partial charge on any atom is 0.273 e. The van der Waals surface area contributed by atoms with Gasteiger partial charge >= 0.3 is 0 Å². The third-order valence-electron chi connectivity index (χ3n) is 3.54. The van der Waals surface area contributed by atoms with Gasteiger partial charge in [0.1, 0.15) is 11.5 Å². The normalized spacial score (nSPS) is 11.4. The lowest BCUT2D eigenvalue weighted by Crippen LogP contribution is -2.17. The predicted molar refractivity (Wildman–Crippen MR) is 100 cm³/mol. The van der Waals surface area contributed by atoms with E-state index < -0.39 is 0 Å². The third-order valence-corrected chi connectivity index (χ3v) is 4.07. The van der Waals surface area contributed by atoms with Gasteiger partial charge in [0, 0.05) is 15.5 Å². The van der Waals surface area contributed by atoms with Crippen molar-refractivity contribution in [3.63, 3.8) is 0 Å². The van der Waals surface area contributed by atoms with Gasteiger partial charge in [-0.2, -0.15) is 5.10 Å². The molecular weight excluding hydrogens is 382 g/mol. The molecule has 0 radical (unpaired) electrons. The van der Waals surface area contributed by atoms with Crippen LogP contribution in [0, 0.1) is 0 Å². The van der Waals surface area contributed by atoms with Crippen LogP contribution in [0.4, 0.5) is 5.69 Å². The van der Waals surface area contributed by atoms with Crippen LogP contribution in [0.2, 0.25) is 0 Å². The summed E-state index contributed by atoms with van der Waals surface area (Å²) in [5.74, 6) is 0.438. The zero-order valence-corrected chi connectivity index (χ0v) is 15.8. The van der Waals surface area contributed by atoms with E-state index in [0.29, 0.717) is 17.1 Å². The Kier molecular flexibility index (Phi) is 4.67. The van der Waals surface area contributed by atoms with Gasteiger partial charge in [-0.1, -0.05) is 48.8 Å². The lowest BCUT2D eigenvalue weighted by atomic mass is 9.96. The van der Waals surface area contributed by atoms with E-state index in [-0.39, 0.29) is 11.3 Å². The van der Waals surface area contributed by atoms with Crippen molar-refractivity contribution in [3.8, 4) is 11.3 Å². The molecule has 0 bridgehead atoms. The molecule has 2 aromatic heterocycles. The van der Waals surface area contributed by atoms with Crippen LogP contribution in [0.5, 0.6) is 0 Å². The highest BCUT2D eigenvalue weighted by atomic mass is 79.9. The molecule has 0 fully saturated rings. The molecule has 128 valence electrons. The van der Waals surface area contributed by atoms with E-state index in [4.69, 9.17) is 0 Å². The Morgan fingerprint density at radius 3 is 2.36 bits per heavy atom. The smallest absolute Gasteiger partial charge is 0.273 e. The average Bonchev–Trinajstić information content (AvgIpc) is 3.05. The number of hydrogen-bond acceptors (Lipinski definition) is 4. The second kappa shape index (κ2) is 6.76. The van der Waals surface area contributed by atoms with Crippen molar-refractivity contribution in [2.45, 2.75) is 26.2 Å². The molecule has 6 nitrogen and oxygen atoms in total. The number of aromatic nitrogens is 4. The van der Waals surface area contributed by atoms with Crippen LogP contribution in [0.15, 0.2) is 47.2 Å². The van der Waals surface area contributed by atoms with Crippen molar-refractivity contribution < 1.29 is 4.79 Å². The quantitative estimate of drug-likeness (QED) is 0.691. The van der Waals surface area contributed by atoms with Crippen LogP contribution in [-0.2, 0) is 5.41 Å². The first-order valence-electron chi connectivity index (χ1n) is 7.78. The minimum Gasteiger partial charge on any atom is -0.318 e. The molecule has 1 aromatic carbocycles. The number of H-pyrrole nitrogens is 1. The number of carbonyl (C=O) groups excluding carboxylic acids is 1. The standard InChI is InChI=1S/C18H18BrN5O/c1-18(2,3)17-20-9-13(10-21-17)22-16(25)15-8-14(23-24-15)11-4-6-12(19)7-5-11/h4-10H,1-3H3,(H,22,25)(H,23,24). The summed E-state index contributed by atoms with van der Waals surface area (Å²) >= 11 is 3.40. The number of nitrogens with one attached hydrogen (secondary N) is 2. The van der Waals surface area contributed by atoms with Gasteiger partial charge in [0.15, 0.2) is 0 Å². The highest BCUT2D eigenvalue weighted by molar-refractivity contribution is 9.10. The number of anilines is 1. The van der Waals surface area contributed by atoms with Crippen LogP contribution in [-0.4, -0.2) is 26.1 Å². The summed E-state index contributed by atoms with van der Waals surface area (Å²) in [4.78, 5) is 21.0. The summed E-state index contributed by atoms with van der Waals surface area (Å²) in [5.41, 5.74) is 2.41. The maximum atomic E-state index is 12.3. The maximum absolute atomic E-state index is 12.3. The van der Waals surface area contributed by atoms with Gasteiger partial charge in [0.05, 0.1) is 23.8 Å². The summed E-state index contributed by atoms with van der Waals surface area (Å²) in [6.45, 7) is 6.11. The van der Waals surface area contributed by atoms with Crippen molar-refractivity contribution in [3.05, 3.63) is 58.7 Å². The van der Waals surface area contributed by atoms with Crippen LogP contribution in [0.25, 0.3) is 11.3 Å². The van der Waals surface area contributed by atoms with E-state index in [0.717, 1.165) is 15.9 Å². The highest BCUT2D eigenvalue weighted by Gasteiger charge is 2.17. The molecule has 3 rings (SSSR count). The third kappa shape index (κ3) is 4.11. The number of amides is 1. The molecular formula is C18H18BrN5O. The number of hydrogen-bond donors (Lipinski definition) is 2. The van der Waals surface area contributed by atoms with E-state index >= 15 is 0 Å². The molecule has 1 amide bonds. The fraction of sp³-hybridized carbons (Fsp3) is 0.222. The molecule has 25 heavy (non-hydrogen) atoms. The van der Waals surface area contributed by atoms with Crippen LogP contribution < -0.4 is 5.32 Å². The minimum absolute atomic E-state index is 0.133. The monoisotopic (exact) mass is 399 g/mol. The number of halogens is 1. The topological polar surface area (TPSA) is 83.6 Å². The van der Waals surface area contributed by atoms with Crippen molar-refractivity contribution in [1.82, 2.24) is 20.2 Å². The largest absolute Gasteiger partial charge is 0.318 e. The zero-order chi connectivity index (χ0) is 18.0. The SMILES string of the molecule is CC(C)(C)c1ncc(NC(=O)c2cc(-c3ccc(Br)cc3)n[nH]2)cn1. The van der Waals surface area contributed by atoms with E-state index in [1.807, 2.05) is 45.0 Å². The minimum atomic E-state index is -0.289. The molecule has 2 N–H and O–H groups in total. The second-order valence-electron chi connectivity index (χ2n) is 6.67. The Balaban J connectivity index is 1.72. The lowest BCUT2D eigenvalue weighted by molar-refractivity contribution is 0.102. The van der Waals surface area contributed by atoms with Crippen molar-refractivity contribution in [2.75, 3.05) is 5.32 Å². The van der Waals surface area contributed by atoms with Crippen molar-refractivity contribution in [2.24, 2.45) is 0 Å². The van der Waals surface area contributed by atoms with Crippen LogP contribution >= 0.6 is 15.9 Å². The van der Waals surface area contributed by atoms with Gasteiger partial charge in [0.25, 0.3) is 5.91 Å². The van der Waals surface area contributed by atoms with Crippen LogP contribution in [0.1, 0.15) is 37.1 Å². The summed E-state index contributed by atoms with van der Waals surface area (Å²) < 4.78 is 0.989. The molecule has 3 aromatic rings. The Morgan fingerprint density at radius 1 is 1.12 bits per heavy atom. The summed E-state index contributed by atoms with van der Waals surface area (Å²) in [6, 6.07) is 9.43. The molecule has 0 aliphatic rings. The van der Waals surface area contributed by atoms with Crippen LogP contribution in [0.3, 0.4) is 0 Å².